The molecule has 0 N–H and O–H groups in total. The van der Waals surface area contributed by atoms with E-state index in [4.69, 9.17) is 4.74 Å². The lowest BCUT2D eigenvalue weighted by Crippen LogP contribution is -2.33. The van der Waals surface area contributed by atoms with Crippen molar-refractivity contribution in [1.82, 2.24) is 0 Å². The molecule has 2 rings (SSSR count). The third-order valence-electron chi connectivity index (χ3n) is 2.74. The highest BCUT2D eigenvalue weighted by Gasteiger charge is 2.31. The lowest BCUT2D eigenvalue weighted by molar-refractivity contribution is -0.132. The van der Waals surface area contributed by atoms with E-state index >= 15 is 0 Å². The Morgan fingerprint density at radius 1 is 1.23 bits per heavy atom. The van der Waals surface area contributed by atoms with Crippen molar-refractivity contribution in [3.05, 3.63) is 0 Å². The Hall–Kier alpha value is -0.0200. The van der Waals surface area contributed by atoms with Crippen molar-refractivity contribution < 1.29 is 9.53 Å². The fraction of sp³-hybridized carbons (Fsp3) is 0.900. The number of hydrogen-bond acceptors (Lipinski definition) is 3. The molecule has 0 amide bonds. The van der Waals surface area contributed by atoms with Gasteiger partial charge in [0.2, 0.25) is 0 Å². The number of rotatable bonds is 2. The standard InChI is InChI=1S/C10H16O2S/c11-10(9-5-3-7-13-9)8-4-1-2-6-12-8/h8-9H,1-7H2. The van der Waals surface area contributed by atoms with Crippen molar-refractivity contribution in [3.8, 4) is 0 Å². The van der Waals surface area contributed by atoms with Crippen LogP contribution in [-0.2, 0) is 9.53 Å². The molecule has 0 saturated carbocycles. The van der Waals surface area contributed by atoms with Gasteiger partial charge in [-0.15, -0.1) is 0 Å². The molecule has 13 heavy (non-hydrogen) atoms. The minimum Gasteiger partial charge on any atom is -0.370 e. The van der Waals surface area contributed by atoms with Crippen molar-refractivity contribution in [1.29, 1.82) is 0 Å². The van der Waals surface area contributed by atoms with Crippen molar-refractivity contribution in [2.75, 3.05) is 12.4 Å². The van der Waals surface area contributed by atoms with Gasteiger partial charge in [-0.2, -0.15) is 11.8 Å². The highest BCUT2D eigenvalue weighted by Crippen LogP contribution is 2.29. The van der Waals surface area contributed by atoms with Gasteiger partial charge in [0.15, 0.2) is 5.78 Å². The van der Waals surface area contributed by atoms with E-state index in [0.717, 1.165) is 38.0 Å². The zero-order valence-electron chi connectivity index (χ0n) is 7.83. The Kier molecular flexibility index (Phi) is 3.28. The number of ketones is 1. The van der Waals surface area contributed by atoms with E-state index in [-0.39, 0.29) is 11.4 Å². The van der Waals surface area contributed by atoms with E-state index in [0.29, 0.717) is 5.78 Å². The van der Waals surface area contributed by atoms with Crippen molar-refractivity contribution >= 4 is 17.5 Å². The quantitative estimate of drug-likeness (QED) is 0.682. The lowest BCUT2D eigenvalue weighted by Gasteiger charge is -2.23. The zero-order chi connectivity index (χ0) is 9.10. The number of ether oxygens (including phenoxy) is 1. The van der Waals surface area contributed by atoms with Gasteiger partial charge < -0.3 is 4.74 Å². The first-order valence-corrected chi connectivity index (χ1v) is 6.20. The van der Waals surface area contributed by atoms with Crippen LogP contribution in [0.25, 0.3) is 0 Å². The van der Waals surface area contributed by atoms with Gasteiger partial charge in [-0.25, -0.2) is 0 Å². The van der Waals surface area contributed by atoms with Gasteiger partial charge in [0.1, 0.15) is 6.10 Å². The van der Waals surface area contributed by atoms with Gasteiger partial charge in [0, 0.05) is 6.61 Å². The van der Waals surface area contributed by atoms with Crippen molar-refractivity contribution in [2.24, 2.45) is 0 Å². The van der Waals surface area contributed by atoms with Gasteiger partial charge in [-0.1, -0.05) is 0 Å². The summed E-state index contributed by atoms with van der Waals surface area (Å²) in [7, 11) is 0. The van der Waals surface area contributed by atoms with Gasteiger partial charge in [-0.3, -0.25) is 4.79 Å². The highest BCUT2D eigenvalue weighted by molar-refractivity contribution is 8.00. The summed E-state index contributed by atoms with van der Waals surface area (Å²) in [6, 6.07) is 0. The third-order valence-corrected chi connectivity index (χ3v) is 4.14. The van der Waals surface area contributed by atoms with E-state index in [2.05, 4.69) is 0 Å². The van der Waals surface area contributed by atoms with Crippen LogP contribution in [0.2, 0.25) is 0 Å². The maximum Gasteiger partial charge on any atom is 0.174 e. The first-order chi connectivity index (χ1) is 6.38. The molecule has 0 aromatic carbocycles. The average molecular weight is 200 g/mol. The van der Waals surface area contributed by atoms with Gasteiger partial charge in [0.05, 0.1) is 5.25 Å². The van der Waals surface area contributed by atoms with Crippen LogP contribution in [0.1, 0.15) is 32.1 Å². The van der Waals surface area contributed by atoms with Crippen molar-refractivity contribution in [3.63, 3.8) is 0 Å². The molecule has 2 saturated heterocycles. The lowest BCUT2D eigenvalue weighted by atomic mass is 10.0. The average Bonchev–Trinajstić information content (AvgIpc) is 2.71. The second-order valence-corrected chi connectivity index (χ2v) is 5.07. The monoisotopic (exact) mass is 200 g/mol. The Balaban J connectivity index is 1.87. The second-order valence-electron chi connectivity index (χ2n) is 3.76. The molecule has 0 aromatic heterocycles. The first kappa shape index (κ1) is 9.53. The molecule has 74 valence electrons. The Bertz CT molecular complexity index is 181. The maximum absolute atomic E-state index is 11.9. The van der Waals surface area contributed by atoms with Gasteiger partial charge in [-0.05, 0) is 37.9 Å². The molecule has 2 fully saturated rings. The second kappa shape index (κ2) is 4.47. The van der Waals surface area contributed by atoms with Crippen LogP contribution in [0.15, 0.2) is 0 Å². The van der Waals surface area contributed by atoms with Crippen LogP contribution >= 0.6 is 11.8 Å². The largest absolute Gasteiger partial charge is 0.370 e. The smallest absolute Gasteiger partial charge is 0.174 e. The molecule has 3 heteroatoms. The number of Topliss-reactive ketones (excluding diaryl/α,β-unsaturated/α-hetero) is 1. The summed E-state index contributed by atoms with van der Waals surface area (Å²) in [5.41, 5.74) is 0. The molecule has 2 aliphatic rings. The molecular weight excluding hydrogens is 184 g/mol. The van der Waals surface area contributed by atoms with Crippen LogP contribution in [0.3, 0.4) is 0 Å². The number of carbonyl (C=O) groups is 1. The topological polar surface area (TPSA) is 26.3 Å². The summed E-state index contributed by atoms with van der Waals surface area (Å²) in [5.74, 6) is 1.52. The number of hydrogen-bond donors (Lipinski definition) is 0. The number of carbonyl (C=O) groups excluding carboxylic acids is 1. The van der Waals surface area contributed by atoms with Gasteiger partial charge >= 0.3 is 0 Å². The molecule has 2 atom stereocenters. The van der Waals surface area contributed by atoms with E-state index in [1.54, 1.807) is 0 Å². The van der Waals surface area contributed by atoms with Crippen LogP contribution in [0.5, 0.6) is 0 Å². The Morgan fingerprint density at radius 2 is 2.15 bits per heavy atom. The van der Waals surface area contributed by atoms with Crippen LogP contribution in [-0.4, -0.2) is 29.5 Å². The fourth-order valence-electron chi connectivity index (χ4n) is 1.97. The minimum absolute atomic E-state index is 0.0654. The molecule has 0 aromatic rings. The normalized spacial score (nSPS) is 34.8. The molecular formula is C10H16O2S. The summed E-state index contributed by atoms with van der Waals surface area (Å²) >= 11 is 1.81. The minimum atomic E-state index is -0.0654. The maximum atomic E-state index is 11.9. The van der Waals surface area contributed by atoms with Gasteiger partial charge in [0.25, 0.3) is 0 Å². The SMILES string of the molecule is O=C(C1CCCCO1)C1CCCS1. The van der Waals surface area contributed by atoms with E-state index in [9.17, 15) is 4.79 Å². The van der Waals surface area contributed by atoms with E-state index in [1.165, 1.54) is 6.42 Å². The Labute approximate surface area is 83.4 Å². The predicted octanol–water partition coefficient (Wildman–Crippen LogP) is 2.02. The highest BCUT2D eigenvalue weighted by atomic mass is 32.2. The van der Waals surface area contributed by atoms with Crippen LogP contribution in [0.4, 0.5) is 0 Å². The van der Waals surface area contributed by atoms with E-state index < -0.39 is 0 Å². The zero-order valence-corrected chi connectivity index (χ0v) is 8.65. The van der Waals surface area contributed by atoms with E-state index in [1.807, 2.05) is 11.8 Å². The molecule has 2 unspecified atom stereocenters. The van der Waals surface area contributed by atoms with Crippen molar-refractivity contribution in [2.45, 2.75) is 43.5 Å². The number of thioether (sulfide) groups is 1. The molecule has 0 bridgehead atoms. The fourth-order valence-corrected chi connectivity index (χ4v) is 3.24. The summed E-state index contributed by atoms with van der Waals surface area (Å²) < 4.78 is 5.49. The molecule has 2 nitrogen and oxygen atoms in total. The first-order valence-electron chi connectivity index (χ1n) is 5.15. The molecule has 0 aliphatic carbocycles. The third kappa shape index (κ3) is 2.26. The summed E-state index contributed by atoms with van der Waals surface area (Å²) in [4.78, 5) is 11.9. The molecule has 2 heterocycles. The summed E-state index contributed by atoms with van der Waals surface area (Å²) in [6.07, 6.45) is 5.45. The molecule has 2 aliphatic heterocycles. The molecule has 0 radical (unpaired) electrons. The summed E-state index contributed by atoms with van der Waals surface area (Å²) in [5, 5.41) is 0.253. The van der Waals surface area contributed by atoms with Crippen LogP contribution < -0.4 is 0 Å². The molecule has 0 spiro atoms. The predicted molar refractivity (Wildman–Crippen MR) is 54.1 cm³/mol. The summed E-state index contributed by atoms with van der Waals surface area (Å²) in [6.45, 7) is 0.786. The Morgan fingerprint density at radius 3 is 2.77 bits per heavy atom. The van der Waals surface area contributed by atoms with Crippen LogP contribution in [0, 0.1) is 0 Å².